The highest BCUT2D eigenvalue weighted by Gasteiger charge is 2.11. The van der Waals surface area contributed by atoms with Gasteiger partial charge in [0.05, 0.1) is 3.79 Å². The number of thiophene rings is 1. The molecule has 108 valence electrons. The van der Waals surface area contributed by atoms with E-state index in [4.69, 9.17) is 5.84 Å². The van der Waals surface area contributed by atoms with Gasteiger partial charge in [-0.25, -0.2) is 0 Å². The van der Waals surface area contributed by atoms with Gasteiger partial charge < -0.3 is 0 Å². The summed E-state index contributed by atoms with van der Waals surface area (Å²) in [5, 5.41) is 2.56. The van der Waals surface area contributed by atoms with Gasteiger partial charge >= 0.3 is 0 Å². The second-order valence-corrected chi connectivity index (χ2v) is 7.71. The summed E-state index contributed by atoms with van der Waals surface area (Å²) in [6.07, 6.45) is 1.87. The number of halogens is 1. The van der Waals surface area contributed by atoms with E-state index in [0.717, 1.165) is 12.8 Å². The van der Waals surface area contributed by atoms with E-state index in [2.05, 4.69) is 76.0 Å². The topological polar surface area (TPSA) is 38.0 Å². The Balaban J connectivity index is 1.75. The molecule has 0 saturated carbocycles. The van der Waals surface area contributed by atoms with Crippen molar-refractivity contribution in [2.24, 2.45) is 5.84 Å². The molecule has 0 saturated heterocycles. The van der Waals surface area contributed by atoms with Crippen molar-refractivity contribution >= 4 is 38.0 Å². The number of hydrazine groups is 1. The molecule has 0 amide bonds. The number of nitrogens with one attached hydrogen (secondary N) is 1. The van der Waals surface area contributed by atoms with Crippen LogP contribution in [-0.4, -0.2) is 6.04 Å². The predicted octanol–water partition coefficient (Wildman–Crippen LogP) is 4.28. The third kappa shape index (κ3) is 3.71. The Morgan fingerprint density at radius 3 is 2.52 bits per heavy atom. The van der Waals surface area contributed by atoms with Gasteiger partial charge in [0.1, 0.15) is 0 Å². The molecular formula is C17H17BrN2S. The summed E-state index contributed by atoms with van der Waals surface area (Å²) in [5.41, 5.74) is 4.26. The van der Waals surface area contributed by atoms with Crippen LogP contribution in [0.2, 0.25) is 0 Å². The highest BCUT2D eigenvalue weighted by molar-refractivity contribution is 9.11. The zero-order valence-electron chi connectivity index (χ0n) is 11.6. The lowest BCUT2D eigenvalue weighted by Gasteiger charge is -2.15. The molecule has 4 heteroatoms. The van der Waals surface area contributed by atoms with Crippen LogP contribution in [0.4, 0.5) is 0 Å². The average molecular weight is 361 g/mol. The van der Waals surface area contributed by atoms with E-state index >= 15 is 0 Å². The zero-order valence-corrected chi connectivity index (χ0v) is 14.0. The molecule has 21 heavy (non-hydrogen) atoms. The first-order chi connectivity index (χ1) is 10.2. The highest BCUT2D eigenvalue weighted by atomic mass is 79.9. The molecule has 0 fully saturated rings. The second-order valence-electron chi connectivity index (χ2n) is 5.16. The summed E-state index contributed by atoms with van der Waals surface area (Å²) in [4.78, 5) is 1.34. The summed E-state index contributed by atoms with van der Waals surface area (Å²) in [6.45, 7) is 0. The van der Waals surface area contributed by atoms with E-state index in [0.29, 0.717) is 0 Å². The first kappa shape index (κ1) is 14.7. The lowest BCUT2D eigenvalue weighted by molar-refractivity contribution is 0.526. The normalized spacial score (nSPS) is 12.7. The minimum Gasteiger partial charge on any atom is -0.271 e. The van der Waals surface area contributed by atoms with E-state index in [-0.39, 0.29) is 6.04 Å². The van der Waals surface area contributed by atoms with E-state index in [1.807, 2.05) is 0 Å². The fourth-order valence-corrected chi connectivity index (χ4v) is 4.11. The van der Waals surface area contributed by atoms with Gasteiger partial charge in [0.2, 0.25) is 0 Å². The number of nitrogens with two attached hydrogens (primary N) is 1. The van der Waals surface area contributed by atoms with Gasteiger partial charge in [-0.2, -0.15) is 0 Å². The molecule has 0 aliphatic heterocycles. The monoisotopic (exact) mass is 360 g/mol. The SMILES string of the molecule is NNC(Cc1ccc2ccccc2c1)Cc1ccc(Br)s1. The lowest BCUT2D eigenvalue weighted by atomic mass is 10.00. The second kappa shape index (κ2) is 6.71. The Hall–Kier alpha value is -1.20. The largest absolute Gasteiger partial charge is 0.271 e. The van der Waals surface area contributed by atoms with Gasteiger partial charge in [-0.15, -0.1) is 11.3 Å². The summed E-state index contributed by atoms with van der Waals surface area (Å²) in [6, 6.07) is 19.6. The van der Waals surface area contributed by atoms with Crippen LogP contribution < -0.4 is 11.3 Å². The van der Waals surface area contributed by atoms with Crippen molar-refractivity contribution in [3.63, 3.8) is 0 Å². The van der Waals surface area contributed by atoms with Crippen molar-refractivity contribution in [3.8, 4) is 0 Å². The van der Waals surface area contributed by atoms with Gasteiger partial charge in [-0.05, 0) is 57.2 Å². The van der Waals surface area contributed by atoms with Crippen LogP contribution in [0.1, 0.15) is 10.4 Å². The zero-order chi connectivity index (χ0) is 14.7. The molecule has 3 N–H and O–H groups in total. The summed E-state index contributed by atoms with van der Waals surface area (Å²) >= 11 is 5.27. The van der Waals surface area contributed by atoms with Crippen molar-refractivity contribution in [3.05, 3.63) is 68.8 Å². The van der Waals surface area contributed by atoms with Crippen LogP contribution in [0.5, 0.6) is 0 Å². The molecule has 1 atom stereocenters. The lowest BCUT2D eigenvalue weighted by Crippen LogP contribution is -2.38. The van der Waals surface area contributed by atoms with Gasteiger partial charge in [0.15, 0.2) is 0 Å². The number of rotatable bonds is 5. The fraction of sp³-hybridized carbons (Fsp3) is 0.176. The summed E-state index contributed by atoms with van der Waals surface area (Å²) < 4.78 is 1.17. The average Bonchev–Trinajstić information content (AvgIpc) is 2.91. The van der Waals surface area contributed by atoms with E-state index in [1.165, 1.54) is 25.0 Å². The molecular weight excluding hydrogens is 344 g/mol. The van der Waals surface area contributed by atoms with E-state index in [9.17, 15) is 0 Å². The van der Waals surface area contributed by atoms with E-state index in [1.54, 1.807) is 11.3 Å². The Morgan fingerprint density at radius 2 is 1.81 bits per heavy atom. The van der Waals surface area contributed by atoms with Crippen molar-refractivity contribution in [2.45, 2.75) is 18.9 Å². The molecule has 3 aromatic rings. The Kier molecular flexibility index (Phi) is 4.70. The van der Waals surface area contributed by atoms with Gasteiger partial charge in [0.25, 0.3) is 0 Å². The highest BCUT2D eigenvalue weighted by Crippen LogP contribution is 2.24. The van der Waals surface area contributed by atoms with Gasteiger partial charge in [-0.1, -0.05) is 42.5 Å². The van der Waals surface area contributed by atoms with Gasteiger partial charge in [0, 0.05) is 10.9 Å². The maximum atomic E-state index is 5.73. The van der Waals surface area contributed by atoms with Crippen LogP contribution in [-0.2, 0) is 12.8 Å². The summed E-state index contributed by atoms with van der Waals surface area (Å²) in [5.74, 6) is 5.73. The van der Waals surface area contributed by atoms with Crippen molar-refractivity contribution in [1.29, 1.82) is 0 Å². The number of fused-ring (bicyclic) bond motifs is 1. The Morgan fingerprint density at radius 1 is 1.00 bits per heavy atom. The molecule has 2 nitrogen and oxygen atoms in total. The molecule has 0 aliphatic rings. The maximum Gasteiger partial charge on any atom is 0.0701 e. The number of hydrogen-bond donors (Lipinski definition) is 2. The molecule has 0 bridgehead atoms. The minimum atomic E-state index is 0.247. The maximum absolute atomic E-state index is 5.73. The minimum absolute atomic E-state index is 0.247. The third-order valence-corrected chi connectivity index (χ3v) is 5.25. The quantitative estimate of drug-likeness (QED) is 0.526. The Labute approximate surface area is 137 Å². The van der Waals surface area contributed by atoms with Crippen LogP contribution in [0.3, 0.4) is 0 Å². The molecule has 3 rings (SSSR count). The molecule has 0 aliphatic carbocycles. The molecule has 1 aromatic heterocycles. The fourth-order valence-electron chi connectivity index (χ4n) is 2.54. The van der Waals surface area contributed by atoms with Crippen molar-refractivity contribution in [1.82, 2.24) is 5.43 Å². The molecule has 0 radical (unpaired) electrons. The molecule has 1 heterocycles. The smallest absolute Gasteiger partial charge is 0.0701 e. The first-order valence-electron chi connectivity index (χ1n) is 6.92. The van der Waals surface area contributed by atoms with Crippen molar-refractivity contribution < 1.29 is 0 Å². The first-order valence-corrected chi connectivity index (χ1v) is 8.53. The molecule has 0 spiro atoms. The number of benzene rings is 2. The molecule has 1 unspecified atom stereocenters. The van der Waals surface area contributed by atoms with Crippen molar-refractivity contribution in [2.75, 3.05) is 0 Å². The summed E-state index contributed by atoms with van der Waals surface area (Å²) in [7, 11) is 0. The predicted molar refractivity (Wildman–Crippen MR) is 94.5 cm³/mol. The molecule has 2 aromatic carbocycles. The Bertz CT molecular complexity index is 738. The van der Waals surface area contributed by atoms with E-state index < -0.39 is 0 Å². The van der Waals surface area contributed by atoms with Crippen LogP contribution in [0, 0.1) is 0 Å². The van der Waals surface area contributed by atoms with Crippen LogP contribution in [0.15, 0.2) is 58.4 Å². The van der Waals surface area contributed by atoms with Crippen LogP contribution >= 0.6 is 27.3 Å². The number of hydrogen-bond acceptors (Lipinski definition) is 3. The standard InChI is InChI=1S/C17H17BrN2S/c18-17-8-7-16(21-17)11-15(20-19)10-12-5-6-13-3-1-2-4-14(13)9-12/h1-9,15,20H,10-11,19H2. The van der Waals surface area contributed by atoms with Gasteiger partial charge in [-0.3, -0.25) is 11.3 Å². The third-order valence-electron chi connectivity index (χ3n) is 3.61. The van der Waals surface area contributed by atoms with Crippen LogP contribution in [0.25, 0.3) is 10.8 Å².